The van der Waals surface area contributed by atoms with Gasteiger partial charge in [-0.25, -0.2) is 4.98 Å². The fourth-order valence-corrected chi connectivity index (χ4v) is 3.32. The van der Waals surface area contributed by atoms with Crippen LogP contribution < -0.4 is 10.3 Å². The molecule has 1 fully saturated rings. The summed E-state index contributed by atoms with van der Waals surface area (Å²) in [4.78, 5) is 19.6. The highest BCUT2D eigenvalue weighted by Crippen LogP contribution is 2.21. The third kappa shape index (κ3) is 2.86. The molecule has 0 saturated carbocycles. The lowest BCUT2D eigenvalue weighted by Crippen LogP contribution is -2.27. The molecule has 0 bridgehead atoms. The molecular weight excluding hydrogens is 278 g/mol. The van der Waals surface area contributed by atoms with Crippen LogP contribution in [0.2, 0.25) is 0 Å². The van der Waals surface area contributed by atoms with E-state index in [0.29, 0.717) is 22.6 Å². The van der Waals surface area contributed by atoms with Gasteiger partial charge in [0.25, 0.3) is 5.56 Å². The summed E-state index contributed by atoms with van der Waals surface area (Å²) in [5.74, 6) is 1.19. The first-order valence-corrected chi connectivity index (χ1v) is 7.97. The number of methoxy groups -OCH3 is 1. The molecular formula is C17H23N3O2. The predicted octanol–water partition coefficient (Wildman–Crippen LogP) is 2.14. The first kappa shape index (κ1) is 15.0. The molecule has 5 nitrogen and oxygen atoms in total. The van der Waals surface area contributed by atoms with Gasteiger partial charge in [-0.2, -0.15) is 0 Å². The molecule has 1 aliphatic rings. The zero-order valence-corrected chi connectivity index (χ0v) is 13.3. The van der Waals surface area contributed by atoms with Gasteiger partial charge in [0.05, 0.1) is 18.8 Å². The van der Waals surface area contributed by atoms with Crippen molar-refractivity contribution in [2.75, 3.05) is 26.7 Å². The third-order valence-corrected chi connectivity index (χ3v) is 4.40. The highest BCUT2D eigenvalue weighted by Gasteiger charge is 2.22. The second-order valence-electron chi connectivity index (χ2n) is 6.01. The van der Waals surface area contributed by atoms with Gasteiger partial charge in [-0.1, -0.05) is 13.0 Å². The molecule has 0 radical (unpaired) electrons. The number of para-hydroxylation sites is 1. The van der Waals surface area contributed by atoms with Crippen molar-refractivity contribution in [1.82, 2.24) is 14.5 Å². The molecule has 0 unspecified atom stereocenters. The molecule has 0 aliphatic carbocycles. The Bertz CT molecular complexity index is 711. The van der Waals surface area contributed by atoms with Crippen molar-refractivity contribution < 1.29 is 4.74 Å². The number of benzene rings is 1. The second kappa shape index (κ2) is 6.48. The minimum absolute atomic E-state index is 0.0258. The summed E-state index contributed by atoms with van der Waals surface area (Å²) in [6, 6.07) is 5.49. The van der Waals surface area contributed by atoms with Crippen molar-refractivity contribution in [2.24, 2.45) is 5.92 Å². The van der Waals surface area contributed by atoms with E-state index in [9.17, 15) is 4.79 Å². The van der Waals surface area contributed by atoms with Crippen LogP contribution in [0.5, 0.6) is 5.75 Å². The molecule has 3 rings (SSSR count). The minimum atomic E-state index is 0.0258. The maximum absolute atomic E-state index is 12.6. The van der Waals surface area contributed by atoms with E-state index in [1.165, 1.54) is 6.42 Å². The van der Waals surface area contributed by atoms with Crippen molar-refractivity contribution in [3.63, 3.8) is 0 Å². The zero-order valence-electron chi connectivity index (χ0n) is 13.3. The number of ether oxygens (including phenoxy) is 1. The first-order chi connectivity index (χ1) is 10.7. The van der Waals surface area contributed by atoms with Crippen LogP contribution in [0.1, 0.15) is 19.8 Å². The number of fused-ring (bicyclic) bond motifs is 1. The van der Waals surface area contributed by atoms with E-state index in [1.807, 2.05) is 18.2 Å². The van der Waals surface area contributed by atoms with E-state index in [1.54, 1.807) is 18.0 Å². The standard InChI is InChI=1S/C17H23N3O2/c1-3-8-19-9-7-13(10-19)11-20-12-18-16-14(17(20)21)5-4-6-15(16)22-2/h4-6,12-13H,3,7-11H2,1-2H3/t13-/m1/s1. The van der Waals surface area contributed by atoms with E-state index in [4.69, 9.17) is 4.74 Å². The van der Waals surface area contributed by atoms with Gasteiger partial charge in [-0.3, -0.25) is 9.36 Å². The fraction of sp³-hybridized carbons (Fsp3) is 0.529. The normalized spacial score (nSPS) is 18.9. The summed E-state index contributed by atoms with van der Waals surface area (Å²) < 4.78 is 7.03. The lowest BCUT2D eigenvalue weighted by atomic mass is 10.1. The largest absolute Gasteiger partial charge is 0.494 e. The zero-order chi connectivity index (χ0) is 15.5. The van der Waals surface area contributed by atoms with Crippen LogP contribution in [0.4, 0.5) is 0 Å². The van der Waals surface area contributed by atoms with Crippen LogP contribution in [0.15, 0.2) is 29.3 Å². The van der Waals surface area contributed by atoms with E-state index in [2.05, 4.69) is 16.8 Å². The lowest BCUT2D eigenvalue weighted by molar-refractivity contribution is 0.316. The van der Waals surface area contributed by atoms with Gasteiger partial charge in [0.2, 0.25) is 0 Å². The Morgan fingerprint density at radius 2 is 2.27 bits per heavy atom. The summed E-state index contributed by atoms with van der Waals surface area (Å²) in [5.41, 5.74) is 0.670. The van der Waals surface area contributed by atoms with Crippen LogP contribution in [0.25, 0.3) is 10.9 Å². The van der Waals surface area contributed by atoms with Crippen molar-refractivity contribution in [2.45, 2.75) is 26.3 Å². The quantitative estimate of drug-likeness (QED) is 0.849. The second-order valence-corrected chi connectivity index (χ2v) is 6.01. The molecule has 0 N–H and O–H groups in total. The Morgan fingerprint density at radius 3 is 3.05 bits per heavy atom. The molecule has 1 saturated heterocycles. The Morgan fingerprint density at radius 1 is 1.41 bits per heavy atom. The highest BCUT2D eigenvalue weighted by atomic mass is 16.5. The van der Waals surface area contributed by atoms with Gasteiger partial charge in [0.1, 0.15) is 11.3 Å². The van der Waals surface area contributed by atoms with E-state index in [0.717, 1.165) is 32.6 Å². The van der Waals surface area contributed by atoms with Crippen molar-refractivity contribution >= 4 is 10.9 Å². The van der Waals surface area contributed by atoms with E-state index in [-0.39, 0.29) is 5.56 Å². The number of hydrogen-bond acceptors (Lipinski definition) is 4. The third-order valence-electron chi connectivity index (χ3n) is 4.40. The lowest BCUT2D eigenvalue weighted by Gasteiger charge is -2.15. The van der Waals surface area contributed by atoms with Crippen LogP contribution in [-0.4, -0.2) is 41.2 Å². The summed E-state index contributed by atoms with van der Waals surface area (Å²) in [7, 11) is 1.60. The average molecular weight is 301 g/mol. The minimum Gasteiger partial charge on any atom is -0.494 e. The molecule has 1 aromatic heterocycles. The van der Waals surface area contributed by atoms with Crippen LogP contribution >= 0.6 is 0 Å². The number of hydrogen-bond donors (Lipinski definition) is 0. The topological polar surface area (TPSA) is 47.4 Å². The van der Waals surface area contributed by atoms with Gasteiger partial charge < -0.3 is 9.64 Å². The Hall–Kier alpha value is -1.88. The van der Waals surface area contributed by atoms with Gasteiger partial charge in [0, 0.05) is 13.1 Å². The Labute approximate surface area is 130 Å². The van der Waals surface area contributed by atoms with Crippen molar-refractivity contribution in [3.8, 4) is 5.75 Å². The average Bonchev–Trinajstić information content (AvgIpc) is 2.97. The molecule has 118 valence electrons. The first-order valence-electron chi connectivity index (χ1n) is 7.97. The van der Waals surface area contributed by atoms with Crippen molar-refractivity contribution in [3.05, 3.63) is 34.9 Å². The van der Waals surface area contributed by atoms with E-state index >= 15 is 0 Å². The molecule has 1 aliphatic heterocycles. The number of likely N-dealkylation sites (tertiary alicyclic amines) is 1. The van der Waals surface area contributed by atoms with Gasteiger partial charge in [0.15, 0.2) is 0 Å². The molecule has 1 atom stereocenters. The van der Waals surface area contributed by atoms with Gasteiger partial charge in [-0.05, 0) is 44.0 Å². The molecule has 0 spiro atoms. The maximum atomic E-state index is 12.6. The smallest absolute Gasteiger partial charge is 0.261 e. The van der Waals surface area contributed by atoms with Crippen LogP contribution in [-0.2, 0) is 6.54 Å². The summed E-state index contributed by atoms with van der Waals surface area (Å²) in [5, 5.41) is 0.630. The van der Waals surface area contributed by atoms with E-state index < -0.39 is 0 Å². The fourth-order valence-electron chi connectivity index (χ4n) is 3.32. The van der Waals surface area contributed by atoms with Crippen LogP contribution in [0, 0.1) is 5.92 Å². The Kier molecular flexibility index (Phi) is 4.43. The number of aromatic nitrogens is 2. The monoisotopic (exact) mass is 301 g/mol. The molecule has 0 amide bonds. The molecule has 2 heterocycles. The predicted molar refractivity (Wildman–Crippen MR) is 87.4 cm³/mol. The summed E-state index contributed by atoms with van der Waals surface area (Å²) >= 11 is 0. The van der Waals surface area contributed by atoms with Gasteiger partial charge >= 0.3 is 0 Å². The highest BCUT2D eigenvalue weighted by molar-refractivity contribution is 5.83. The Balaban J connectivity index is 1.84. The number of nitrogens with zero attached hydrogens (tertiary/aromatic N) is 3. The number of rotatable bonds is 5. The van der Waals surface area contributed by atoms with Crippen molar-refractivity contribution in [1.29, 1.82) is 0 Å². The molecule has 5 heteroatoms. The molecule has 22 heavy (non-hydrogen) atoms. The van der Waals surface area contributed by atoms with Gasteiger partial charge in [-0.15, -0.1) is 0 Å². The summed E-state index contributed by atoms with van der Waals surface area (Å²) in [6.45, 7) is 6.33. The molecule has 1 aromatic carbocycles. The summed E-state index contributed by atoms with van der Waals surface area (Å²) in [6.07, 6.45) is 4.00. The maximum Gasteiger partial charge on any atom is 0.261 e. The molecule has 2 aromatic rings. The SMILES string of the molecule is CCCN1CC[C@@H](Cn2cnc3c(OC)cccc3c2=O)C1. The van der Waals surface area contributed by atoms with Crippen LogP contribution in [0.3, 0.4) is 0 Å².